The third kappa shape index (κ3) is 2.04. The Bertz CT molecular complexity index is 476. The van der Waals surface area contributed by atoms with Gasteiger partial charge in [-0.05, 0) is 11.4 Å². The van der Waals surface area contributed by atoms with Crippen LogP contribution in [0.25, 0.3) is 10.7 Å². The van der Waals surface area contributed by atoms with Crippen LogP contribution in [-0.2, 0) is 18.3 Å². The van der Waals surface area contributed by atoms with Crippen LogP contribution in [0, 0.1) is 0 Å². The minimum absolute atomic E-state index is 0.102. The summed E-state index contributed by atoms with van der Waals surface area (Å²) in [5.74, 6) is 0.151. The Morgan fingerprint density at radius 3 is 3.07 bits per heavy atom. The van der Waals surface area contributed by atoms with E-state index >= 15 is 0 Å². The fourth-order valence-corrected chi connectivity index (χ4v) is 1.87. The van der Waals surface area contributed by atoms with Gasteiger partial charge in [0.15, 0.2) is 5.82 Å². The van der Waals surface area contributed by atoms with Crippen LogP contribution in [0.1, 0.15) is 5.82 Å². The Hall–Kier alpha value is -1.69. The lowest BCUT2D eigenvalue weighted by Gasteiger charge is -1.92. The summed E-state index contributed by atoms with van der Waals surface area (Å²) in [6.07, 6.45) is -0.102. The number of hydrogen-bond acceptors (Lipinski definition) is 4. The minimum atomic E-state index is -0.900. The summed E-state index contributed by atoms with van der Waals surface area (Å²) in [6.45, 7) is 0. The van der Waals surface area contributed by atoms with E-state index in [9.17, 15) is 4.79 Å². The quantitative estimate of drug-likeness (QED) is 0.848. The summed E-state index contributed by atoms with van der Waals surface area (Å²) < 4.78 is 1.50. The molecule has 5 nitrogen and oxygen atoms in total. The number of aliphatic carboxylic acids is 1. The maximum atomic E-state index is 10.5. The normalized spacial score (nSPS) is 10.5. The van der Waals surface area contributed by atoms with Crippen molar-refractivity contribution in [2.45, 2.75) is 6.42 Å². The van der Waals surface area contributed by atoms with Crippen molar-refractivity contribution in [1.82, 2.24) is 14.8 Å². The van der Waals surface area contributed by atoms with Crippen LogP contribution in [0.5, 0.6) is 0 Å². The Balaban J connectivity index is 2.33. The van der Waals surface area contributed by atoms with Crippen molar-refractivity contribution in [3.8, 4) is 10.7 Å². The van der Waals surface area contributed by atoms with E-state index in [2.05, 4.69) is 10.1 Å². The zero-order valence-corrected chi connectivity index (χ0v) is 8.86. The van der Waals surface area contributed by atoms with Crippen LogP contribution in [0.15, 0.2) is 17.5 Å². The molecule has 0 fully saturated rings. The third-order valence-electron chi connectivity index (χ3n) is 1.90. The molecule has 15 heavy (non-hydrogen) atoms. The molecule has 6 heteroatoms. The molecular formula is C9H9N3O2S. The Kier molecular flexibility index (Phi) is 2.51. The predicted molar refractivity (Wildman–Crippen MR) is 55.7 cm³/mol. The molecule has 0 aliphatic heterocycles. The fourth-order valence-electron chi connectivity index (χ4n) is 1.22. The molecule has 0 aromatic carbocycles. The van der Waals surface area contributed by atoms with Gasteiger partial charge < -0.3 is 5.11 Å². The first-order chi connectivity index (χ1) is 7.16. The number of carbonyl (C=O) groups is 1. The summed E-state index contributed by atoms with van der Waals surface area (Å²) in [6, 6.07) is 3.82. The van der Waals surface area contributed by atoms with E-state index in [1.807, 2.05) is 17.5 Å². The van der Waals surface area contributed by atoms with Crippen LogP contribution in [0.2, 0.25) is 0 Å². The van der Waals surface area contributed by atoms with Crippen LogP contribution in [0.4, 0.5) is 0 Å². The van der Waals surface area contributed by atoms with Gasteiger partial charge >= 0.3 is 5.97 Å². The van der Waals surface area contributed by atoms with Crippen molar-refractivity contribution >= 4 is 17.3 Å². The Morgan fingerprint density at radius 1 is 1.67 bits per heavy atom. The maximum absolute atomic E-state index is 10.5. The molecule has 0 unspecified atom stereocenters. The summed E-state index contributed by atoms with van der Waals surface area (Å²) in [4.78, 5) is 15.7. The van der Waals surface area contributed by atoms with Gasteiger partial charge in [0.05, 0.1) is 4.88 Å². The largest absolute Gasteiger partial charge is 0.481 e. The summed E-state index contributed by atoms with van der Waals surface area (Å²) >= 11 is 1.53. The molecule has 0 atom stereocenters. The smallest absolute Gasteiger partial charge is 0.311 e. The van der Waals surface area contributed by atoms with Crippen molar-refractivity contribution in [2.75, 3.05) is 0 Å². The lowest BCUT2D eigenvalue weighted by atomic mass is 10.4. The van der Waals surface area contributed by atoms with Gasteiger partial charge in [0.2, 0.25) is 0 Å². The van der Waals surface area contributed by atoms with Gasteiger partial charge in [-0.3, -0.25) is 9.48 Å². The predicted octanol–water partition coefficient (Wildman–Crippen LogP) is 1.17. The average molecular weight is 223 g/mol. The van der Waals surface area contributed by atoms with E-state index in [0.29, 0.717) is 11.6 Å². The lowest BCUT2D eigenvalue weighted by molar-refractivity contribution is -0.136. The first kappa shape index (κ1) is 9.85. The van der Waals surface area contributed by atoms with Gasteiger partial charge in [-0.15, -0.1) is 11.3 Å². The molecule has 2 rings (SSSR count). The first-order valence-electron chi connectivity index (χ1n) is 4.32. The lowest BCUT2D eigenvalue weighted by Crippen LogP contribution is -2.06. The van der Waals surface area contributed by atoms with Crippen molar-refractivity contribution in [3.63, 3.8) is 0 Å². The number of nitrogens with zero attached hydrogens (tertiary/aromatic N) is 3. The topological polar surface area (TPSA) is 68.0 Å². The molecule has 0 aliphatic carbocycles. The van der Waals surface area contributed by atoms with Gasteiger partial charge in [-0.2, -0.15) is 5.10 Å². The summed E-state index contributed by atoms with van der Waals surface area (Å²) in [5, 5.41) is 14.7. The van der Waals surface area contributed by atoms with Gasteiger partial charge in [-0.1, -0.05) is 6.07 Å². The fraction of sp³-hybridized carbons (Fsp3) is 0.222. The number of aromatic nitrogens is 3. The highest BCUT2D eigenvalue weighted by molar-refractivity contribution is 7.13. The molecule has 2 aromatic rings. The van der Waals surface area contributed by atoms with E-state index in [4.69, 9.17) is 5.11 Å². The SMILES string of the molecule is Cn1nc(-c2cccs2)nc1CC(=O)O. The van der Waals surface area contributed by atoms with Crippen molar-refractivity contribution in [1.29, 1.82) is 0 Å². The van der Waals surface area contributed by atoms with Crippen molar-refractivity contribution < 1.29 is 9.90 Å². The molecular weight excluding hydrogens is 214 g/mol. The molecule has 1 N–H and O–H groups in total. The van der Waals surface area contributed by atoms with Gasteiger partial charge in [0, 0.05) is 7.05 Å². The summed E-state index contributed by atoms with van der Waals surface area (Å²) in [7, 11) is 1.70. The monoisotopic (exact) mass is 223 g/mol. The highest BCUT2D eigenvalue weighted by Crippen LogP contribution is 2.21. The molecule has 0 bridgehead atoms. The zero-order valence-electron chi connectivity index (χ0n) is 8.04. The second-order valence-electron chi connectivity index (χ2n) is 3.02. The molecule has 2 aromatic heterocycles. The zero-order chi connectivity index (χ0) is 10.8. The number of thiophene rings is 1. The second kappa shape index (κ2) is 3.82. The van der Waals surface area contributed by atoms with Gasteiger partial charge in [0.25, 0.3) is 0 Å². The average Bonchev–Trinajstić information content (AvgIpc) is 2.75. The molecule has 0 spiro atoms. The van der Waals surface area contributed by atoms with Gasteiger partial charge in [0.1, 0.15) is 12.2 Å². The minimum Gasteiger partial charge on any atom is -0.481 e. The second-order valence-corrected chi connectivity index (χ2v) is 3.97. The molecule has 78 valence electrons. The molecule has 0 saturated heterocycles. The Morgan fingerprint density at radius 2 is 2.47 bits per heavy atom. The standard InChI is InChI=1S/C9H9N3O2S/c1-12-7(5-8(13)14)10-9(11-12)6-3-2-4-15-6/h2-4H,5H2,1H3,(H,13,14). The van der Waals surface area contributed by atoms with E-state index in [0.717, 1.165) is 4.88 Å². The molecule has 0 amide bonds. The van der Waals surface area contributed by atoms with Crippen LogP contribution >= 0.6 is 11.3 Å². The number of carboxylic acids is 1. The van der Waals surface area contributed by atoms with E-state index in [-0.39, 0.29) is 6.42 Å². The van der Waals surface area contributed by atoms with Crippen molar-refractivity contribution in [2.24, 2.45) is 7.05 Å². The Labute approximate surface area is 90.0 Å². The third-order valence-corrected chi connectivity index (χ3v) is 2.77. The van der Waals surface area contributed by atoms with Crippen LogP contribution in [-0.4, -0.2) is 25.8 Å². The molecule has 2 heterocycles. The molecule has 0 saturated carbocycles. The van der Waals surface area contributed by atoms with Crippen LogP contribution < -0.4 is 0 Å². The highest BCUT2D eigenvalue weighted by Gasteiger charge is 2.12. The number of rotatable bonds is 3. The molecule has 0 radical (unpaired) electrons. The number of carboxylic acid groups (broad SMARTS) is 1. The summed E-state index contributed by atoms with van der Waals surface area (Å²) in [5.41, 5.74) is 0. The van der Waals surface area contributed by atoms with E-state index in [1.165, 1.54) is 16.0 Å². The maximum Gasteiger partial charge on any atom is 0.311 e. The van der Waals surface area contributed by atoms with E-state index in [1.54, 1.807) is 7.05 Å². The van der Waals surface area contributed by atoms with Crippen molar-refractivity contribution in [3.05, 3.63) is 23.3 Å². The number of aryl methyl sites for hydroxylation is 1. The van der Waals surface area contributed by atoms with Crippen LogP contribution in [0.3, 0.4) is 0 Å². The number of hydrogen-bond donors (Lipinski definition) is 1. The first-order valence-corrected chi connectivity index (χ1v) is 5.20. The van der Waals surface area contributed by atoms with Gasteiger partial charge in [-0.25, -0.2) is 4.98 Å². The molecule has 0 aliphatic rings. The van der Waals surface area contributed by atoms with E-state index < -0.39 is 5.97 Å². The highest BCUT2D eigenvalue weighted by atomic mass is 32.1.